The molecule has 0 aliphatic heterocycles. The first-order valence-corrected chi connectivity index (χ1v) is 6.96. The summed E-state index contributed by atoms with van der Waals surface area (Å²) in [7, 11) is 0. The molecule has 0 aromatic heterocycles. The smallest absolute Gasteiger partial charge is 0.124 e. The highest BCUT2D eigenvalue weighted by atomic mass is 79.9. The number of hydrogen-bond donors (Lipinski definition) is 2. The molecule has 1 unspecified atom stereocenters. The van der Waals surface area contributed by atoms with Crippen LogP contribution < -0.4 is 5.73 Å². The largest absolute Gasteiger partial charge is 0.396 e. The fourth-order valence-electron chi connectivity index (χ4n) is 2.42. The number of rotatable bonds is 6. The van der Waals surface area contributed by atoms with Gasteiger partial charge in [-0.3, -0.25) is 0 Å². The molecule has 1 atom stereocenters. The molecule has 1 aromatic rings. The molecule has 1 aromatic carbocycles. The molecule has 0 aliphatic carbocycles. The van der Waals surface area contributed by atoms with Crippen molar-refractivity contribution >= 4 is 15.9 Å². The number of benzene rings is 1. The Morgan fingerprint density at radius 2 is 2.06 bits per heavy atom. The molecule has 0 aliphatic rings. The van der Waals surface area contributed by atoms with Gasteiger partial charge in [0.15, 0.2) is 0 Å². The van der Waals surface area contributed by atoms with Gasteiger partial charge < -0.3 is 10.8 Å². The summed E-state index contributed by atoms with van der Waals surface area (Å²) in [6.07, 6.45) is 1.42. The van der Waals surface area contributed by atoms with Gasteiger partial charge in [0.05, 0.1) is 6.61 Å². The molecule has 0 radical (unpaired) electrons. The lowest BCUT2D eigenvalue weighted by Crippen LogP contribution is -2.37. The van der Waals surface area contributed by atoms with Crippen molar-refractivity contribution in [3.05, 3.63) is 34.1 Å². The normalized spacial score (nSPS) is 14.8. The lowest BCUT2D eigenvalue weighted by atomic mass is 9.76. The highest BCUT2D eigenvalue weighted by Crippen LogP contribution is 2.30. The van der Waals surface area contributed by atoms with E-state index in [9.17, 15) is 9.50 Å². The number of nitrogens with two attached hydrogens (primary N) is 1. The summed E-state index contributed by atoms with van der Waals surface area (Å²) >= 11 is 3.28. The zero-order chi connectivity index (χ0) is 13.8. The fraction of sp³-hybridized carbons (Fsp3) is 0.571. The molecule has 0 spiro atoms. The Hall–Kier alpha value is -0.450. The van der Waals surface area contributed by atoms with Crippen molar-refractivity contribution < 1.29 is 9.50 Å². The zero-order valence-corrected chi connectivity index (χ0v) is 12.5. The van der Waals surface area contributed by atoms with Gasteiger partial charge in [-0.05, 0) is 42.5 Å². The topological polar surface area (TPSA) is 46.2 Å². The molecular weight excluding hydrogens is 297 g/mol. The Morgan fingerprint density at radius 3 is 2.50 bits per heavy atom. The van der Waals surface area contributed by atoms with Gasteiger partial charge in [-0.1, -0.05) is 29.8 Å². The first kappa shape index (κ1) is 15.6. The van der Waals surface area contributed by atoms with Crippen LogP contribution in [0.1, 0.15) is 25.8 Å². The molecule has 2 nitrogen and oxygen atoms in total. The van der Waals surface area contributed by atoms with Gasteiger partial charge >= 0.3 is 0 Å². The Bertz CT molecular complexity index is 371. The van der Waals surface area contributed by atoms with Crippen LogP contribution in [0.3, 0.4) is 0 Å². The summed E-state index contributed by atoms with van der Waals surface area (Å²) in [5, 5.41) is 9.64. The number of aliphatic hydroxyl groups is 1. The Labute approximate surface area is 117 Å². The van der Waals surface area contributed by atoms with E-state index in [4.69, 9.17) is 5.73 Å². The Morgan fingerprint density at radius 1 is 1.39 bits per heavy atom. The summed E-state index contributed by atoms with van der Waals surface area (Å²) < 4.78 is 14.1. The van der Waals surface area contributed by atoms with E-state index >= 15 is 0 Å². The average molecular weight is 318 g/mol. The van der Waals surface area contributed by atoms with E-state index in [1.165, 1.54) is 12.1 Å². The maximum Gasteiger partial charge on any atom is 0.124 e. The SMILES string of the molecule is CC(C)CC(CN)(CO)Cc1cc(F)cc(Br)c1. The van der Waals surface area contributed by atoms with Crippen LogP contribution in [0.25, 0.3) is 0 Å². The standard InChI is InChI=1S/C14H21BrFNO/c1-10(2)6-14(8-17,9-18)7-11-3-12(15)5-13(16)4-11/h3-5,10,18H,6-9,17H2,1-2H3. The van der Waals surface area contributed by atoms with Gasteiger partial charge in [-0.25, -0.2) is 4.39 Å². The van der Waals surface area contributed by atoms with Gasteiger partial charge in [0.2, 0.25) is 0 Å². The summed E-state index contributed by atoms with van der Waals surface area (Å²) in [6, 6.07) is 4.81. The number of halogens is 2. The molecule has 4 heteroatoms. The van der Waals surface area contributed by atoms with Crippen LogP contribution in [-0.4, -0.2) is 18.3 Å². The van der Waals surface area contributed by atoms with Gasteiger partial charge in [-0.2, -0.15) is 0 Å². The zero-order valence-electron chi connectivity index (χ0n) is 10.9. The van der Waals surface area contributed by atoms with E-state index in [0.717, 1.165) is 12.0 Å². The Kier molecular flexibility index (Phi) is 5.76. The minimum atomic E-state index is -0.360. The highest BCUT2D eigenvalue weighted by Gasteiger charge is 2.29. The van der Waals surface area contributed by atoms with Crippen molar-refractivity contribution in [2.24, 2.45) is 17.1 Å². The van der Waals surface area contributed by atoms with Crippen molar-refractivity contribution in [1.29, 1.82) is 0 Å². The summed E-state index contributed by atoms with van der Waals surface area (Å²) in [6.45, 7) is 4.62. The fourth-order valence-corrected chi connectivity index (χ4v) is 2.94. The van der Waals surface area contributed by atoms with Crippen LogP contribution in [0, 0.1) is 17.2 Å². The quantitative estimate of drug-likeness (QED) is 0.846. The van der Waals surface area contributed by atoms with Gasteiger partial charge in [0.25, 0.3) is 0 Å². The lowest BCUT2D eigenvalue weighted by molar-refractivity contribution is 0.108. The van der Waals surface area contributed by atoms with Gasteiger partial charge in [0, 0.05) is 16.4 Å². The molecule has 0 heterocycles. The predicted molar refractivity (Wildman–Crippen MR) is 75.8 cm³/mol. The highest BCUT2D eigenvalue weighted by molar-refractivity contribution is 9.10. The third-order valence-corrected chi connectivity index (χ3v) is 3.57. The minimum absolute atomic E-state index is 0.0236. The lowest BCUT2D eigenvalue weighted by Gasteiger charge is -2.32. The van der Waals surface area contributed by atoms with Crippen LogP contribution in [-0.2, 0) is 6.42 Å². The molecule has 0 amide bonds. The molecule has 18 heavy (non-hydrogen) atoms. The molecule has 0 saturated carbocycles. The molecular formula is C14H21BrFNO. The summed E-state index contributed by atoms with van der Waals surface area (Å²) in [5.41, 5.74) is 6.33. The first-order chi connectivity index (χ1) is 8.40. The molecule has 0 fully saturated rings. The van der Waals surface area contributed by atoms with Crippen LogP contribution in [0.15, 0.2) is 22.7 Å². The molecule has 102 valence electrons. The van der Waals surface area contributed by atoms with Crippen molar-refractivity contribution in [3.63, 3.8) is 0 Å². The second-order valence-corrected chi connectivity index (χ2v) is 6.33. The second-order valence-electron chi connectivity index (χ2n) is 5.41. The minimum Gasteiger partial charge on any atom is -0.396 e. The van der Waals surface area contributed by atoms with Crippen LogP contribution in [0.4, 0.5) is 4.39 Å². The third-order valence-electron chi connectivity index (χ3n) is 3.11. The number of hydrogen-bond acceptors (Lipinski definition) is 2. The van der Waals surface area contributed by atoms with Crippen molar-refractivity contribution in [3.8, 4) is 0 Å². The predicted octanol–water partition coefficient (Wildman–Crippen LogP) is 3.11. The first-order valence-electron chi connectivity index (χ1n) is 6.17. The monoisotopic (exact) mass is 317 g/mol. The Balaban J connectivity index is 2.95. The van der Waals surface area contributed by atoms with E-state index in [1.807, 2.05) is 6.07 Å². The van der Waals surface area contributed by atoms with Crippen molar-refractivity contribution in [2.45, 2.75) is 26.7 Å². The summed E-state index contributed by atoms with van der Waals surface area (Å²) in [5.74, 6) is 0.172. The molecule has 3 N–H and O–H groups in total. The molecule has 0 saturated heterocycles. The maximum atomic E-state index is 13.3. The van der Waals surface area contributed by atoms with E-state index in [2.05, 4.69) is 29.8 Å². The van der Waals surface area contributed by atoms with E-state index < -0.39 is 0 Å². The maximum absolute atomic E-state index is 13.3. The van der Waals surface area contributed by atoms with Crippen LogP contribution in [0.2, 0.25) is 0 Å². The van der Waals surface area contributed by atoms with Crippen molar-refractivity contribution in [1.82, 2.24) is 0 Å². The van der Waals surface area contributed by atoms with E-state index in [-0.39, 0.29) is 17.8 Å². The second kappa shape index (κ2) is 6.64. The van der Waals surface area contributed by atoms with Crippen LogP contribution >= 0.6 is 15.9 Å². The number of aliphatic hydroxyl groups excluding tert-OH is 1. The van der Waals surface area contributed by atoms with Crippen molar-refractivity contribution in [2.75, 3.05) is 13.2 Å². The average Bonchev–Trinajstić information content (AvgIpc) is 2.26. The molecule has 0 bridgehead atoms. The van der Waals surface area contributed by atoms with E-state index in [1.54, 1.807) is 0 Å². The molecule has 1 rings (SSSR count). The summed E-state index contributed by atoms with van der Waals surface area (Å²) in [4.78, 5) is 0. The van der Waals surface area contributed by atoms with Gasteiger partial charge in [-0.15, -0.1) is 0 Å². The van der Waals surface area contributed by atoms with Crippen LogP contribution in [0.5, 0.6) is 0 Å². The van der Waals surface area contributed by atoms with Gasteiger partial charge in [0.1, 0.15) is 5.82 Å². The van der Waals surface area contributed by atoms with E-state index in [0.29, 0.717) is 23.4 Å². The third kappa shape index (κ3) is 4.34.